The first-order valence-corrected chi connectivity index (χ1v) is 23.4. The molecular formula is C49H60N2O12. The van der Waals surface area contributed by atoms with Crippen molar-refractivity contribution < 1.29 is 59.2 Å². The molecule has 2 aromatic rings. The van der Waals surface area contributed by atoms with Gasteiger partial charge in [0, 0.05) is 36.1 Å². The fourth-order valence-corrected chi connectivity index (χ4v) is 16.7. The molecule has 12 rings (SSSR count). The Balaban J connectivity index is 0.979. The molecule has 0 aromatic heterocycles. The summed E-state index contributed by atoms with van der Waals surface area (Å²) >= 11 is 0. The maximum atomic E-state index is 12.9. The van der Waals surface area contributed by atoms with Crippen LogP contribution in [-0.2, 0) is 14.2 Å². The fraction of sp³-hybridized carbons (Fsp3) is 0.673. The summed E-state index contributed by atoms with van der Waals surface area (Å²) in [6, 6.07) is 4.48. The molecule has 14 heteroatoms. The van der Waals surface area contributed by atoms with Crippen molar-refractivity contribution in [2.45, 2.75) is 151 Å². The summed E-state index contributed by atoms with van der Waals surface area (Å²) in [5.74, 6) is -2.15. The van der Waals surface area contributed by atoms with E-state index in [0.717, 1.165) is 31.3 Å². The number of ketones is 1. The highest BCUT2D eigenvalue weighted by molar-refractivity contribution is 6.08. The number of phenolic OH excluding ortho intramolecular Hbond substituents is 1. The summed E-state index contributed by atoms with van der Waals surface area (Å²) in [7, 11) is 0. The van der Waals surface area contributed by atoms with Gasteiger partial charge in [0.1, 0.15) is 35.4 Å². The smallest absolute Gasteiger partial charge is 0.335 e. The van der Waals surface area contributed by atoms with E-state index >= 15 is 0 Å². The number of fused-ring (bicyclic) bond motifs is 4. The molecule has 5 aliphatic heterocycles. The SMILES string of the molecule is CC(=O)c1c(C)cc2cc(C(=O)O)cc(O[C@@H]3O[C@@H]4[C@@H](O)CC[C@H]5O[C@@]4(C[C@@H]4C6=C5CC=C6[C@@]5(CCO)COC[C@@H]6C[C@]78CC9(CCCC9)C[C@@H]7NN[C@@]4(C8)[C@H]65)[C@H](O)[C@H]3O)c2c1O. The Bertz CT molecular complexity index is 2390. The van der Waals surface area contributed by atoms with Crippen LogP contribution in [0, 0.1) is 40.9 Å². The number of nitrogens with one attached hydrogen (secondary N) is 2. The van der Waals surface area contributed by atoms with Gasteiger partial charge in [-0.25, -0.2) is 4.79 Å². The highest BCUT2D eigenvalue weighted by Crippen LogP contribution is 2.75. The van der Waals surface area contributed by atoms with Gasteiger partial charge in [0.15, 0.2) is 5.78 Å². The number of aliphatic hydroxyl groups excluding tert-OH is 4. The topological polar surface area (TPSA) is 216 Å². The van der Waals surface area contributed by atoms with Gasteiger partial charge in [-0.05, 0) is 147 Å². The first-order valence-electron chi connectivity index (χ1n) is 23.4. The molecule has 8 fully saturated rings. The third kappa shape index (κ3) is 5.38. The lowest BCUT2D eigenvalue weighted by Gasteiger charge is -2.71. The quantitative estimate of drug-likeness (QED) is 0.188. The maximum absolute atomic E-state index is 12.9. The molecule has 2 aromatic carbocycles. The van der Waals surface area contributed by atoms with Crippen molar-refractivity contribution in [3.05, 3.63) is 57.7 Å². The number of benzene rings is 2. The molecule has 10 aliphatic rings. The number of aliphatic hydroxyl groups is 4. The molecule has 4 saturated heterocycles. The summed E-state index contributed by atoms with van der Waals surface area (Å²) in [5, 5.41) is 70.3. The number of carboxylic acid groups (broad SMARTS) is 1. The van der Waals surface area contributed by atoms with E-state index in [0.29, 0.717) is 54.9 Å². The predicted octanol–water partition coefficient (Wildman–Crippen LogP) is 4.50. The fourth-order valence-electron chi connectivity index (χ4n) is 16.7. The summed E-state index contributed by atoms with van der Waals surface area (Å²) in [6.07, 6.45) is 5.95. The van der Waals surface area contributed by atoms with Gasteiger partial charge < -0.3 is 49.6 Å². The van der Waals surface area contributed by atoms with Crippen LogP contribution in [-0.4, -0.2) is 116 Å². The number of aryl methyl sites for hydroxylation is 1. The van der Waals surface area contributed by atoms with E-state index in [1.54, 1.807) is 13.0 Å². The molecule has 8 N–H and O–H groups in total. The second kappa shape index (κ2) is 13.8. The molecule has 0 unspecified atom stereocenters. The van der Waals surface area contributed by atoms with Crippen molar-refractivity contribution in [3.8, 4) is 11.5 Å². The second-order valence-electron chi connectivity index (χ2n) is 21.6. The van der Waals surface area contributed by atoms with Crippen LogP contribution < -0.4 is 15.6 Å². The first-order chi connectivity index (χ1) is 30.2. The van der Waals surface area contributed by atoms with Crippen molar-refractivity contribution in [1.82, 2.24) is 10.9 Å². The van der Waals surface area contributed by atoms with Crippen LogP contribution >= 0.6 is 0 Å². The van der Waals surface area contributed by atoms with Crippen LogP contribution in [0.1, 0.15) is 117 Å². The van der Waals surface area contributed by atoms with Crippen LogP contribution in [0.15, 0.2) is 41.0 Å². The molecule has 4 bridgehead atoms. The van der Waals surface area contributed by atoms with Gasteiger partial charge in [0.2, 0.25) is 6.29 Å². The number of carbonyl (C=O) groups excluding carboxylic acids is 1. The number of aromatic hydroxyl groups is 1. The molecule has 5 aliphatic carbocycles. The number of hydrogen-bond acceptors (Lipinski definition) is 13. The Morgan fingerprint density at radius 2 is 1.84 bits per heavy atom. The Kier molecular flexibility index (Phi) is 8.99. The Morgan fingerprint density at radius 3 is 2.60 bits per heavy atom. The van der Waals surface area contributed by atoms with Gasteiger partial charge >= 0.3 is 5.97 Å². The summed E-state index contributed by atoms with van der Waals surface area (Å²) in [5.41, 5.74) is 9.69. The molecule has 4 spiro atoms. The van der Waals surface area contributed by atoms with Gasteiger partial charge in [0.25, 0.3) is 0 Å². The zero-order valence-corrected chi connectivity index (χ0v) is 36.0. The van der Waals surface area contributed by atoms with Crippen molar-refractivity contribution in [2.24, 2.45) is 34.0 Å². The number of aromatic carboxylic acids is 1. The Labute approximate surface area is 366 Å². The summed E-state index contributed by atoms with van der Waals surface area (Å²) in [6.45, 7) is 4.15. The minimum absolute atomic E-state index is 0.0123. The van der Waals surface area contributed by atoms with E-state index in [1.807, 2.05) is 0 Å². The number of phenols is 1. The largest absolute Gasteiger partial charge is 0.506 e. The third-order valence-corrected chi connectivity index (χ3v) is 18.5. The number of hydrazine groups is 1. The van der Waals surface area contributed by atoms with E-state index < -0.39 is 70.9 Å². The van der Waals surface area contributed by atoms with Crippen LogP contribution in [0.3, 0.4) is 0 Å². The van der Waals surface area contributed by atoms with E-state index in [2.05, 4.69) is 16.9 Å². The number of allylic oxidation sites excluding steroid dienone is 1. The van der Waals surface area contributed by atoms with E-state index in [9.17, 15) is 40.2 Å². The molecule has 0 amide bonds. The van der Waals surface area contributed by atoms with Crippen molar-refractivity contribution in [2.75, 3.05) is 19.8 Å². The lowest BCUT2D eigenvalue weighted by molar-refractivity contribution is -0.337. The average molecular weight is 869 g/mol. The monoisotopic (exact) mass is 868 g/mol. The third-order valence-electron chi connectivity index (χ3n) is 18.5. The van der Waals surface area contributed by atoms with Crippen LogP contribution in [0.5, 0.6) is 11.5 Å². The lowest BCUT2D eigenvalue weighted by atomic mass is 9.39. The Hall–Kier alpha value is -3.44. The second-order valence-corrected chi connectivity index (χ2v) is 21.6. The zero-order chi connectivity index (χ0) is 43.6. The highest BCUT2D eigenvalue weighted by atomic mass is 16.7. The molecular weight excluding hydrogens is 809 g/mol. The van der Waals surface area contributed by atoms with Crippen molar-refractivity contribution >= 4 is 22.5 Å². The number of hydrogen-bond donors (Lipinski definition) is 8. The van der Waals surface area contributed by atoms with Gasteiger partial charge in [-0.2, -0.15) is 0 Å². The van der Waals surface area contributed by atoms with Gasteiger partial charge in [-0.3, -0.25) is 15.6 Å². The molecule has 14 nitrogen and oxygen atoms in total. The minimum Gasteiger partial charge on any atom is -0.506 e. The van der Waals surface area contributed by atoms with Crippen LogP contribution in [0.25, 0.3) is 10.8 Å². The Morgan fingerprint density at radius 1 is 1.03 bits per heavy atom. The van der Waals surface area contributed by atoms with Crippen molar-refractivity contribution in [1.29, 1.82) is 0 Å². The molecule has 4 saturated carbocycles. The number of rotatable bonds is 6. The molecule has 0 radical (unpaired) electrons. The van der Waals surface area contributed by atoms with Crippen LogP contribution in [0.2, 0.25) is 0 Å². The maximum Gasteiger partial charge on any atom is 0.335 e. The summed E-state index contributed by atoms with van der Waals surface area (Å²) < 4.78 is 27.1. The van der Waals surface area contributed by atoms with E-state index in [4.69, 9.17) is 18.9 Å². The molecule has 14 atom stereocenters. The van der Waals surface area contributed by atoms with Gasteiger partial charge in [-0.1, -0.05) is 25.0 Å². The molecule has 5 heterocycles. The van der Waals surface area contributed by atoms with E-state index in [-0.39, 0.29) is 64.9 Å². The first kappa shape index (κ1) is 41.0. The van der Waals surface area contributed by atoms with Gasteiger partial charge in [-0.15, -0.1) is 0 Å². The van der Waals surface area contributed by atoms with E-state index in [1.165, 1.54) is 55.9 Å². The lowest BCUT2D eigenvalue weighted by Crippen LogP contribution is -2.81. The number of carbonyl (C=O) groups is 2. The molecule has 63 heavy (non-hydrogen) atoms. The minimum atomic E-state index is -1.75. The number of carboxylic acids is 1. The standard InChI is InChI=1S/C49H60N2O12/c1-23-13-25-14-26(43(58)59)15-33(36(25)38(55)35(23)24(2)53)61-44-39(56)41(57)49-17-30-37-28(32(63-49)8-7-31(54)42(49)62-44)5-6-29(37)47(11-12-52)22-60-19-27-16-46-20-45(9-3-4-10-45)18-34(46)50-51-48(30,21-46)40(27)47/h6,13-15,27,30-32,34,39-42,44,50-52,54-57H,3-5,7-12,16-22H2,1-2H3,(H,58,59)/t27-,30+,31-,32+,34-,39+,40+,41+,42+,44+,46+,47+,48+,49-/m0/s1. The van der Waals surface area contributed by atoms with Crippen molar-refractivity contribution in [3.63, 3.8) is 0 Å². The zero-order valence-electron chi connectivity index (χ0n) is 36.0. The average Bonchev–Trinajstić information content (AvgIpc) is 3.92. The number of Topliss-reactive ketones (excluding diaryl/α,β-unsaturated/α-hetero) is 1. The summed E-state index contributed by atoms with van der Waals surface area (Å²) in [4.78, 5) is 25.1. The van der Waals surface area contributed by atoms with Crippen LogP contribution in [0.4, 0.5) is 0 Å². The number of ether oxygens (including phenoxy) is 4. The normalized spacial score (nSPS) is 43.9. The molecule has 338 valence electrons. The highest BCUT2D eigenvalue weighted by Gasteiger charge is 2.76. The predicted molar refractivity (Wildman–Crippen MR) is 226 cm³/mol. The van der Waals surface area contributed by atoms with Gasteiger partial charge in [0.05, 0.1) is 35.3 Å².